The maximum Gasteiger partial charge on any atom is 0.164 e. The first-order valence-electron chi connectivity index (χ1n) is 29.1. The van der Waals surface area contributed by atoms with Gasteiger partial charge in [0, 0.05) is 53.3 Å². The van der Waals surface area contributed by atoms with Crippen molar-refractivity contribution in [2.75, 3.05) is 0 Å². The number of para-hydroxylation sites is 1. The Morgan fingerprint density at radius 1 is 0.221 bits per heavy atom. The number of benzene rings is 13. The van der Waals surface area contributed by atoms with Gasteiger partial charge in [0.25, 0.3) is 0 Å². The zero-order chi connectivity index (χ0) is 56.9. The maximum absolute atomic E-state index is 5.40. The van der Waals surface area contributed by atoms with Crippen LogP contribution in [-0.2, 0) is 0 Å². The average molecular weight is 1110 g/mol. The standard InChI is InChI=1S/C81H52N4S/c1-6-20-53(21-7-1)63-45-64(54-22-8-2-9-23-54)48-67(47-63)57-36-40-69(41-37-57)85-74-34-17-16-32-70(74)72-51-60(38-42-75(72)85)61-39-43-76-73(52-61)78-71(33-19-35-77(78)86-76)81-83-79(58-28-14-5-15-29-58)82-80(84-81)62-31-18-30-59(44-62)68-49-65(55-24-10-3-11-25-55)46-66(50-68)56-26-12-4-13-27-56/h1-52H. The van der Waals surface area contributed by atoms with Gasteiger partial charge in [0.1, 0.15) is 0 Å². The normalized spacial score (nSPS) is 11.5. The van der Waals surface area contributed by atoms with Crippen molar-refractivity contribution in [2.24, 2.45) is 0 Å². The van der Waals surface area contributed by atoms with Crippen molar-refractivity contribution >= 4 is 53.3 Å². The van der Waals surface area contributed by atoms with Crippen LogP contribution < -0.4 is 0 Å². The van der Waals surface area contributed by atoms with E-state index in [9.17, 15) is 0 Å². The number of nitrogens with zero attached hydrogens (tertiary/aromatic N) is 4. The zero-order valence-corrected chi connectivity index (χ0v) is 47.5. The summed E-state index contributed by atoms with van der Waals surface area (Å²) in [6, 6.07) is 113. The lowest BCUT2D eigenvalue weighted by molar-refractivity contribution is 1.08. The van der Waals surface area contributed by atoms with Gasteiger partial charge < -0.3 is 4.57 Å². The monoisotopic (exact) mass is 1110 g/mol. The molecular weight excluding hydrogens is 1060 g/mol. The van der Waals surface area contributed by atoms with Gasteiger partial charge in [-0.15, -0.1) is 11.3 Å². The quantitative estimate of drug-likeness (QED) is 0.130. The van der Waals surface area contributed by atoms with E-state index >= 15 is 0 Å². The van der Waals surface area contributed by atoms with E-state index in [2.05, 4.69) is 302 Å². The minimum atomic E-state index is 0.616. The molecule has 0 saturated heterocycles. The minimum absolute atomic E-state index is 0.616. The van der Waals surface area contributed by atoms with Gasteiger partial charge in [-0.2, -0.15) is 0 Å². The minimum Gasteiger partial charge on any atom is -0.309 e. The van der Waals surface area contributed by atoms with Crippen molar-refractivity contribution in [3.8, 4) is 118 Å². The summed E-state index contributed by atoms with van der Waals surface area (Å²) in [5.74, 6) is 1.87. The van der Waals surface area contributed by atoms with E-state index in [4.69, 9.17) is 15.0 Å². The summed E-state index contributed by atoms with van der Waals surface area (Å²) in [6.45, 7) is 0. The Morgan fingerprint density at radius 3 is 1.17 bits per heavy atom. The van der Waals surface area contributed by atoms with E-state index in [1.807, 2.05) is 18.2 Å². The van der Waals surface area contributed by atoms with Crippen molar-refractivity contribution in [3.05, 3.63) is 315 Å². The molecule has 0 aliphatic carbocycles. The highest BCUT2D eigenvalue weighted by atomic mass is 32.1. The van der Waals surface area contributed by atoms with Crippen molar-refractivity contribution in [1.29, 1.82) is 0 Å². The van der Waals surface area contributed by atoms with Crippen molar-refractivity contribution in [3.63, 3.8) is 0 Å². The Morgan fingerprint density at radius 2 is 0.605 bits per heavy atom. The van der Waals surface area contributed by atoms with Crippen molar-refractivity contribution < 1.29 is 0 Å². The Kier molecular flexibility index (Phi) is 12.7. The molecule has 0 N–H and O–H groups in total. The zero-order valence-electron chi connectivity index (χ0n) is 46.7. The fourth-order valence-corrected chi connectivity index (χ4v) is 13.5. The van der Waals surface area contributed by atoms with Crippen molar-refractivity contribution in [1.82, 2.24) is 19.5 Å². The van der Waals surface area contributed by atoms with Gasteiger partial charge in [-0.1, -0.05) is 224 Å². The molecule has 13 aromatic carbocycles. The largest absolute Gasteiger partial charge is 0.309 e. The van der Waals surface area contributed by atoms with Crippen LogP contribution in [0.4, 0.5) is 0 Å². The molecule has 0 unspecified atom stereocenters. The number of aromatic nitrogens is 4. The molecular formula is C81H52N4S. The van der Waals surface area contributed by atoms with Gasteiger partial charge in [0.15, 0.2) is 17.5 Å². The first kappa shape index (κ1) is 50.6. The van der Waals surface area contributed by atoms with E-state index in [1.54, 1.807) is 11.3 Å². The Hall–Kier alpha value is -11.1. The van der Waals surface area contributed by atoms with Crippen LogP contribution in [0.5, 0.6) is 0 Å². The van der Waals surface area contributed by atoms with Crippen LogP contribution >= 0.6 is 11.3 Å². The molecule has 0 amide bonds. The highest BCUT2D eigenvalue weighted by molar-refractivity contribution is 7.26. The van der Waals surface area contributed by atoms with E-state index in [0.29, 0.717) is 17.5 Å². The second-order valence-corrected chi connectivity index (χ2v) is 23.0. The molecule has 86 heavy (non-hydrogen) atoms. The Bertz CT molecular complexity index is 5070. The summed E-state index contributed by atoms with van der Waals surface area (Å²) < 4.78 is 4.79. The van der Waals surface area contributed by atoms with E-state index in [1.165, 1.54) is 75.6 Å². The van der Waals surface area contributed by atoms with Crippen LogP contribution in [0.1, 0.15) is 0 Å². The molecule has 3 aromatic heterocycles. The fraction of sp³-hybridized carbons (Fsp3) is 0. The first-order valence-corrected chi connectivity index (χ1v) is 29.9. The molecule has 0 saturated carbocycles. The molecule has 0 fully saturated rings. The van der Waals surface area contributed by atoms with Crippen LogP contribution in [0, 0.1) is 0 Å². The third kappa shape index (κ3) is 9.43. The number of fused-ring (bicyclic) bond motifs is 6. The van der Waals surface area contributed by atoms with E-state index < -0.39 is 0 Å². The van der Waals surface area contributed by atoms with Crippen LogP contribution in [0.25, 0.3) is 160 Å². The van der Waals surface area contributed by atoms with Gasteiger partial charge in [0.2, 0.25) is 0 Å². The molecule has 0 spiro atoms. The van der Waals surface area contributed by atoms with Crippen LogP contribution in [0.15, 0.2) is 315 Å². The summed E-state index contributed by atoms with van der Waals surface area (Å²) in [4.78, 5) is 15.9. The Labute approximate surface area is 503 Å². The van der Waals surface area contributed by atoms with Crippen molar-refractivity contribution in [2.45, 2.75) is 0 Å². The molecule has 3 heterocycles. The SMILES string of the molecule is c1ccc(-c2cc(-c3ccccc3)cc(-c3ccc(-n4c5ccccc5c5cc(-c6ccc7sc8cccc(-c9nc(-c%10ccccc%10)nc(-c%10cccc(-c%11cc(-c%12ccccc%12)cc(-c%12ccccc%12)c%11)c%10)n9)c8c7c6)ccc54)cc3)c2)cc1. The topological polar surface area (TPSA) is 43.6 Å². The van der Waals surface area contributed by atoms with E-state index in [-0.39, 0.29) is 0 Å². The molecule has 0 bridgehead atoms. The second-order valence-electron chi connectivity index (χ2n) is 21.9. The lowest BCUT2D eigenvalue weighted by Gasteiger charge is -2.13. The molecule has 5 heteroatoms. The van der Waals surface area contributed by atoms with Crippen LogP contribution in [0.3, 0.4) is 0 Å². The lowest BCUT2D eigenvalue weighted by Crippen LogP contribution is -2.00. The van der Waals surface area contributed by atoms with Crippen LogP contribution in [-0.4, -0.2) is 19.5 Å². The molecule has 4 nitrogen and oxygen atoms in total. The van der Waals surface area contributed by atoms with Gasteiger partial charge in [0.05, 0.1) is 11.0 Å². The molecule has 0 aliphatic rings. The highest BCUT2D eigenvalue weighted by Crippen LogP contribution is 2.44. The number of hydrogen-bond donors (Lipinski definition) is 0. The summed E-state index contributed by atoms with van der Waals surface area (Å²) in [5, 5.41) is 4.72. The predicted molar refractivity (Wildman–Crippen MR) is 361 cm³/mol. The molecule has 16 rings (SSSR count). The van der Waals surface area contributed by atoms with E-state index in [0.717, 1.165) is 66.7 Å². The molecule has 402 valence electrons. The third-order valence-electron chi connectivity index (χ3n) is 16.6. The lowest BCUT2D eigenvalue weighted by atomic mass is 9.93. The number of thiophene rings is 1. The third-order valence-corrected chi connectivity index (χ3v) is 17.8. The Balaban J connectivity index is 0.776. The molecule has 16 aromatic rings. The second kappa shape index (κ2) is 21.6. The van der Waals surface area contributed by atoms with Gasteiger partial charge in [-0.3, -0.25) is 0 Å². The summed E-state index contributed by atoms with van der Waals surface area (Å²) in [7, 11) is 0. The van der Waals surface area contributed by atoms with Crippen LogP contribution in [0.2, 0.25) is 0 Å². The predicted octanol–water partition coefficient (Wildman–Crippen LogP) is 22.0. The molecule has 0 aliphatic heterocycles. The molecule has 0 radical (unpaired) electrons. The summed E-state index contributed by atoms with van der Waals surface area (Å²) in [5.41, 5.74) is 22.5. The molecule has 0 atom stereocenters. The average Bonchev–Trinajstić information content (AvgIpc) is 2.10. The number of rotatable bonds is 11. The smallest absolute Gasteiger partial charge is 0.164 e. The first-order chi connectivity index (χ1) is 42.6. The fourth-order valence-electron chi connectivity index (χ4n) is 12.4. The summed E-state index contributed by atoms with van der Waals surface area (Å²) >= 11 is 1.80. The summed E-state index contributed by atoms with van der Waals surface area (Å²) in [6.07, 6.45) is 0. The van der Waals surface area contributed by atoms with Gasteiger partial charge >= 0.3 is 0 Å². The number of hydrogen-bond acceptors (Lipinski definition) is 4. The van der Waals surface area contributed by atoms with Gasteiger partial charge in [-0.05, 0) is 169 Å². The highest BCUT2D eigenvalue weighted by Gasteiger charge is 2.20. The van der Waals surface area contributed by atoms with Gasteiger partial charge in [-0.25, -0.2) is 15.0 Å². The maximum atomic E-state index is 5.40.